The van der Waals surface area contributed by atoms with Crippen LogP contribution in [-0.2, 0) is 0 Å². The van der Waals surface area contributed by atoms with Gasteiger partial charge in [-0.1, -0.05) is 18.2 Å². The minimum absolute atomic E-state index is 0.254. The third kappa shape index (κ3) is 0.996. The number of H-pyrrole nitrogens is 1. The van der Waals surface area contributed by atoms with Gasteiger partial charge < -0.3 is 10.7 Å². The summed E-state index contributed by atoms with van der Waals surface area (Å²) in [5, 5.41) is 3.17. The topological polar surface area (TPSA) is 71.2 Å². The Labute approximate surface area is 102 Å². The van der Waals surface area contributed by atoms with E-state index in [0.29, 0.717) is 11.4 Å². The number of amides is 1. The molecule has 0 radical (unpaired) electrons. The highest BCUT2D eigenvalue weighted by Crippen LogP contribution is 2.31. The van der Waals surface area contributed by atoms with Crippen molar-refractivity contribution in [1.29, 1.82) is 0 Å². The number of aromatic amines is 1. The fourth-order valence-corrected chi connectivity index (χ4v) is 2.62. The van der Waals surface area contributed by atoms with Crippen LogP contribution in [0.4, 0.5) is 0 Å². The molecule has 0 unspecified atom stereocenters. The highest BCUT2D eigenvalue weighted by Gasteiger charge is 2.23. The van der Waals surface area contributed by atoms with E-state index in [1.807, 2.05) is 30.5 Å². The van der Waals surface area contributed by atoms with Crippen LogP contribution in [0.3, 0.4) is 0 Å². The van der Waals surface area contributed by atoms with Gasteiger partial charge in [-0.15, -0.1) is 0 Å². The SMILES string of the molecule is NC1=NC(=O)c2ccc3c(ccc4cc[nH]c43)c21. The molecule has 4 rings (SSSR count). The number of fused-ring (bicyclic) bond motifs is 5. The summed E-state index contributed by atoms with van der Waals surface area (Å²) < 4.78 is 0. The van der Waals surface area contributed by atoms with Crippen LogP contribution in [0.15, 0.2) is 41.5 Å². The van der Waals surface area contributed by atoms with Crippen LogP contribution >= 0.6 is 0 Å². The first-order valence-corrected chi connectivity index (χ1v) is 5.67. The van der Waals surface area contributed by atoms with Crippen molar-refractivity contribution in [3.8, 4) is 0 Å². The molecule has 4 heteroatoms. The van der Waals surface area contributed by atoms with E-state index < -0.39 is 0 Å². The van der Waals surface area contributed by atoms with Crippen molar-refractivity contribution in [2.45, 2.75) is 0 Å². The molecule has 0 atom stereocenters. The molecule has 1 aromatic heterocycles. The Kier molecular flexibility index (Phi) is 1.56. The standard InChI is InChI=1S/C14H9N3O/c15-13-11-8-2-1-7-5-6-16-12(7)9(8)3-4-10(11)14(18)17-13/h1-6,16H,(H2,15,17,18). The molecule has 3 aromatic rings. The first kappa shape index (κ1) is 9.41. The van der Waals surface area contributed by atoms with Crippen molar-refractivity contribution in [2.24, 2.45) is 10.7 Å². The Morgan fingerprint density at radius 2 is 1.89 bits per heavy atom. The Bertz CT molecular complexity index is 858. The number of nitrogens with two attached hydrogens (primary N) is 1. The Balaban J connectivity index is 2.25. The van der Waals surface area contributed by atoms with E-state index in [1.54, 1.807) is 6.07 Å². The number of nitrogens with zero attached hydrogens (tertiary/aromatic N) is 1. The quantitative estimate of drug-likeness (QED) is 0.627. The fraction of sp³-hybridized carbons (Fsp3) is 0. The summed E-state index contributed by atoms with van der Waals surface area (Å²) in [6.07, 6.45) is 1.90. The summed E-state index contributed by atoms with van der Waals surface area (Å²) in [7, 11) is 0. The summed E-state index contributed by atoms with van der Waals surface area (Å²) >= 11 is 0. The molecule has 3 N–H and O–H groups in total. The summed E-state index contributed by atoms with van der Waals surface area (Å²) in [5.74, 6) is 0.0579. The maximum absolute atomic E-state index is 11.7. The largest absolute Gasteiger partial charge is 0.383 e. The second-order valence-corrected chi connectivity index (χ2v) is 4.39. The minimum Gasteiger partial charge on any atom is -0.383 e. The second kappa shape index (κ2) is 2.98. The third-order valence-corrected chi connectivity index (χ3v) is 3.43. The predicted molar refractivity (Wildman–Crippen MR) is 70.9 cm³/mol. The van der Waals surface area contributed by atoms with E-state index in [-0.39, 0.29) is 5.91 Å². The van der Waals surface area contributed by atoms with Crippen LogP contribution in [0.5, 0.6) is 0 Å². The van der Waals surface area contributed by atoms with Crippen molar-refractivity contribution in [1.82, 2.24) is 4.98 Å². The lowest BCUT2D eigenvalue weighted by Crippen LogP contribution is -2.10. The summed E-state index contributed by atoms with van der Waals surface area (Å²) in [6, 6.07) is 9.77. The zero-order chi connectivity index (χ0) is 12.3. The number of hydrogen-bond donors (Lipinski definition) is 2. The molecule has 4 nitrogen and oxygen atoms in total. The number of rotatable bonds is 0. The predicted octanol–water partition coefficient (Wildman–Crippen LogP) is 2.18. The van der Waals surface area contributed by atoms with Gasteiger partial charge in [0.1, 0.15) is 5.84 Å². The average molecular weight is 235 g/mol. The van der Waals surface area contributed by atoms with Gasteiger partial charge in [-0.3, -0.25) is 4.79 Å². The molecule has 1 aliphatic heterocycles. The van der Waals surface area contributed by atoms with E-state index in [4.69, 9.17) is 5.73 Å². The summed E-state index contributed by atoms with van der Waals surface area (Å²) in [6.45, 7) is 0. The molecule has 86 valence electrons. The molecule has 2 aromatic carbocycles. The van der Waals surface area contributed by atoms with Gasteiger partial charge in [0.15, 0.2) is 0 Å². The van der Waals surface area contributed by atoms with Crippen LogP contribution < -0.4 is 5.73 Å². The van der Waals surface area contributed by atoms with E-state index in [9.17, 15) is 4.79 Å². The highest BCUT2D eigenvalue weighted by molar-refractivity contribution is 6.27. The van der Waals surface area contributed by atoms with Crippen LogP contribution in [0.1, 0.15) is 15.9 Å². The molecule has 0 saturated carbocycles. The van der Waals surface area contributed by atoms with Gasteiger partial charge in [0.05, 0.1) is 11.1 Å². The lowest BCUT2D eigenvalue weighted by Gasteiger charge is -2.05. The van der Waals surface area contributed by atoms with Crippen LogP contribution in [0.2, 0.25) is 0 Å². The molecule has 2 heterocycles. The number of benzene rings is 2. The van der Waals surface area contributed by atoms with Crippen molar-refractivity contribution in [3.05, 3.63) is 47.7 Å². The van der Waals surface area contributed by atoms with E-state index in [1.165, 1.54) is 0 Å². The third-order valence-electron chi connectivity index (χ3n) is 3.43. The molecule has 18 heavy (non-hydrogen) atoms. The first-order valence-electron chi connectivity index (χ1n) is 5.67. The van der Waals surface area contributed by atoms with Crippen molar-refractivity contribution in [3.63, 3.8) is 0 Å². The zero-order valence-corrected chi connectivity index (χ0v) is 9.40. The molecule has 0 spiro atoms. The van der Waals surface area contributed by atoms with Gasteiger partial charge in [-0.25, -0.2) is 0 Å². The number of amidine groups is 1. The number of aliphatic imine (C=N–C) groups is 1. The normalized spacial score (nSPS) is 14.2. The van der Waals surface area contributed by atoms with Crippen molar-refractivity contribution < 1.29 is 4.79 Å². The number of carbonyl (C=O) groups excluding carboxylic acids is 1. The Morgan fingerprint density at radius 1 is 1.06 bits per heavy atom. The number of aromatic nitrogens is 1. The highest BCUT2D eigenvalue weighted by atomic mass is 16.1. The monoisotopic (exact) mass is 235 g/mol. The average Bonchev–Trinajstić information content (AvgIpc) is 2.94. The molecule has 1 amide bonds. The Hall–Kier alpha value is -2.62. The van der Waals surface area contributed by atoms with Gasteiger partial charge in [-0.2, -0.15) is 4.99 Å². The summed E-state index contributed by atoms with van der Waals surface area (Å²) in [5.41, 5.74) is 8.25. The molecule has 0 saturated heterocycles. The summed E-state index contributed by atoms with van der Waals surface area (Å²) in [4.78, 5) is 18.7. The van der Waals surface area contributed by atoms with Crippen LogP contribution in [0, 0.1) is 0 Å². The molecule has 1 aliphatic rings. The van der Waals surface area contributed by atoms with Crippen molar-refractivity contribution in [2.75, 3.05) is 0 Å². The Morgan fingerprint density at radius 3 is 2.78 bits per heavy atom. The molecular formula is C14H9N3O. The van der Waals surface area contributed by atoms with Gasteiger partial charge in [0, 0.05) is 22.5 Å². The van der Waals surface area contributed by atoms with Gasteiger partial charge in [-0.05, 0) is 17.5 Å². The smallest absolute Gasteiger partial charge is 0.279 e. The van der Waals surface area contributed by atoms with Gasteiger partial charge >= 0.3 is 0 Å². The van der Waals surface area contributed by atoms with Crippen LogP contribution in [0.25, 0.3) is 21.7 Å². The minimum atomic E-state index is -0.254. The van der Waals surface area contributed by atoms with E-state index in [0.717, 1.165) is 27.2 Å². The first-order chi connectivity index (χ1) is 8.75. The van der Waals surface area contributed by atoms with E-state index >= 15 is 0 Å². The number of carbonyl (C=O) groups is 1. The molecular weight excluding hydrogens is 226 g/mol. The molecule has 0 fully saturated rings. The maximum Gasteiger partial charge on any atom is 0.279 e. The number of hydrogen-bond acceptors (Lipinski definition) is 2. The van der Waals surface area contributed by atoms with Gasteiger partial charge in [0.25, 0.3) is 5.91 Å². The lowest BCUT2D eigenvalue weighted by molar-refractivity contribution is 0.101. The molecule has 0 bridgehead atoms. The fourth-order valence-electron chi connectivity index (χ4n) is 2.62. The van der Waals surface area contributed by atoms with Crippen molar-refractivity contribution >= 4 is 33.4 Å². The lowest BCUT2D eigenvalue weighted by atomic mass is 9.98. The zero-order valence-electron chi connectivity index (χ0n) is 9.40. The van der Waals surface area contributed by atoms with Gasteiger partial charge in [0.2, 0.25) is 0 Å². The maximum atomic E-state index is 11.7. The van der Waals surface area contributed by atoms with E-state index in [2.05, 4.69) is 9.98 Å². The van der Waals surface area contributed by atoms with Crippen LogP contribution in [-0.4, -0.2) is 16.7 Å². The second-order valence-electron chi connectivity index (χ2n) is 4.39. The molecule has 0 aliphatic carbocycles. The number of nitrogens with one attached hydrogen (secondary N) is 1.